The van der Waals surface area contributed by atoms with Gasteiger partial charge in [-0.15, -0.1) is 0 Å². The van der Waals surface area contributed by atoms with Gasteiger partial charge in [0.1, 0.15) is 0 Å². The lowest BCUT2D eigenvalue weighted by Gasteiger charge is -2.27. The van der Waals surface area contributed by atoms with Crippen molar-refractivity contribution in [3.8, 4) is 0 Å². The molecule has 0 saturated heterocycles. The van der Waals surface area contributed by atoms with E-state index in [-0.39, 0.29) is 17.9 Å². The minimum Gasteiger partial charge on any atom is -0.325 e. The fourth-order valence-electron chi connectivity index (χ4n) is 3.24. The molecule has 4 heteroatoms. The van der Waals surface area contributed by atoms with Crippen LogP contribution in [0.5, 0.6) is 0 Å². The number of hydrogen-bond donors (Lipinski definition) is 1. The lowest BCUT2D eigenvalue weighted by molar-refractivity contribution is -0.123. The third-order valence-electron chi connectivity index (χ3n) is 4.56. The molecule has 2 amide bonds. The van der Waals surface area contributed by atoms with Crippen molar-refractivity contribution in [1.82, 2.24) is 0 Å². The first-order chi connectivity index (χ1) is 11.8. The molecule has 0 aliphatic carbocycles. The van der Waals surface area contributed by atoms with Crippen LogP contribution in [0.3, 0.4) is 0 Å². The Balaban J connectivity index is 2.00. The summed E-state index contributed by atoms with van der Waals surface area (Å²) in [5, 5.41) is 3.04. The molecule has 0 fully saturated rings. The summed E-state index contributed by atoms with van der Waals surface area (Å²) in [5.41, 5.74) is 3.36. The molecule has 2 aromatic rings. The van der Waals surface area contributed by atoms with Gasteiger partial charge < -0.3 is 10.2 Å². The summed E-state index contributed by atoms with van der Waals surface area (Å²) in [7, 11) is 0. The molecule has 1 aliphatic heterocycles. The number of nitrogens with zero attached hydrogens (tertiary/aromatic N) is 1. The minimum absolute atomic E-state index is 0.00639. The SMILES string of the molecule is CC(=O)N1c2ccccc2CC1c1ccccc1NC(=O)C(C)(C)C. The topological polar surface area (TPSA) is 49.4 Å². The van der Waals surface area contributed by atoms with Crippen LogP contribution in [0.4, 0.5) is 11.4 Å². The maximum atomic E-state index is 12.4. The Morgan fingerprint density at radius 1 is 1.04 bits per heavy atom. The van der Waals surface area contributed by atoms with Gasteiger partial charge in [-0.3, -0.25) is 9.59 Å². The molecule has 1 heterocycles. The first kappa shape index (κ1) is 17.2. The van der Waals surface area contributed by atoms with Crippen molar-refractivity contribution in [3.05, 3.63) is 59.7 Å². The van der Waals surface area contributed by atoms with Crippen LogP contribution < -0.4 is 10.2 Å². The van der Waals surface area contributed by atoms with Gasteiger partial charge >= 0.3 is 0 Å². The van der Waals surface area contributed by atoms with Crippen molar-refractivity contribution in [2.45, 2.75) is 40.2 Å². The van der Waals surface area contributed by atoms with E-state index < -0.39 is 5.41 Å². The number of rotatable bonds is 2. The molecular formula is C21H24N2O2. The molecule has 1 N–H and O–H groups in total. The highest BCUT2D eigenvalue weighted by atomic mass is 16.2. The number of amides is 2. The second kappa shape index (κ2) is 6.36. The number of carbonyl (C=O) groups is 2. The highest BCUT2D eigenvalue weighted by Gasteiger charge is 2.34. The van der Waals surface area contributed by atoms with Crippen molar-refractivity contribution in [3.63, 3.8) is 0 Å². The van der Waals surface area contributed by atoms with E-state index in [4.69, 9.17) is 0 Å². The summed E-state index contributed by atoms with van der Waals surface area (Å²) in [5.74, 6) is -0.0308. The second-order valence-corrected chi connectivity index (χ2v) is 7.53. The summed E-state index contributed by atoms with van der Waals surface area (Å²) in [6, 6.07) is 15.6. The molecular weight excluding hydrogens is 312 g/mol. The first-order valence-electron chi connectivity index (χ1n) is 8.57. The van der Waals surface area contributed by atoms with Crippen LogP contribution in [-0.2, 0) is 16.0 Å². The fraction of sp³-hybridized carbons (Fsp3) is 0.333. The van der Waals surface area contributed by atoms with Crippen LogP contribution in [-0.4, -0.2) is 11.8 Å². The second-order valence-electron chi connectivity index (χ2n) is 7.53. The molecule has 2 aromatic carbocycles. The molecule has 3 rings (SSSR count). The number of nitrogens with one attached hydrogen (secondary N) is 1. The minimum atomic E-state index is -0.480. The van der Waals surface area contributed by atoms with Crippen LogP contribution in [0.15, 0.2) is 48.5 Å². The molecule has 25 heavy (non-hydrogen) atoms. The Morgan fingerprint density at radius 2 is 1.68 bits per heavy atom. The van der Waals surface area contributed by atoms with Crippen molar-refractivity contribution in [2.24, 2.45) is 5.41 Å². The molecule has 1 atom stereocenters. The highest BCUT2D eigenvalue weighted by molar-refractivity contribution is 5.97. The third-order valence-corrected chi connectivity index (χ3v) is 4.56. The Bertz CT molecular complexity index is 821. The Labute approximate surface area is 148 Å². The molecule has 0 radical (unpaired) electrons. The zero-order chi connectivity index (χ0) is 18.2. The van der Waals surface area contributed by atoms with Crippen LogP contribution in [0.25, 0.3) is 0 Å². The molecule has 1 aliphatic rings. The van der Waals surface area contributed by atoms with Gasteiger partial charge in [-0.1, -0.05) is 57.2 Å². The quantitative estimate of drug-likeness (QED) is 0.888. The van der Waals surface area contributed by atoms with E-state index in [1.807, 2.05) is 68.1 Å². The van der Waals surface area contributed by atoms with Crippen molar-refractivity contribution >= 4 is 23.2 Å². The molecule has 4 nitrogen and oxygen atoms in total. The van der Waals surface area contributed by atoms with Gasteiger partial charge in [-0.25, -0.2) is 0 Å². The summed E-state index contributed by atoms with van der Waals surface area (Å²) in [4.78, 5) is 26.6. The average Bonchev–Trinajstić information content (AvgIpc) is 2.93. The van der Waals surface area contributed by atoms with E-state index in [9.17, 15) is 9.59 Å². The molecule has 0 spiro atoms. The van der Waals surface area contributed by atoms with Crippen molar-refractivity contribution in [2.75, 3.05) is 10.2 Å². The summed E-state index contributed by atoms with van der Waals surface area (Å²) in [6.45, 7) is 7.25. The van der Waals surface area contributed by atoms with Gasteiger partial charge in [0.2, 0.25) is 11.8 Å². The van der Waals surface area contributed by atoms with Crippen LogP contribution in [0.2, 0.25) is 0 Å². The first-order valence-corrected chi connectivity index (χ1v) is 8.57. The summed E-state index contributed by atoms with van der Waals surface area (Å²) < 4.78 is 0. The van der Waals surface area contributed by atoms with Gasteiger partial charge in [0, 0.05) is 23.7 Å². The van der Waals surface area contributed by atoms with Gasteiger partial charge in [0.25, 0.3) is 0 Å². The molecule has 1 unspecified atom stereocenters. The Morgan fingerprint density at radius 3 is 2.36 bits per heavy atom. The zero-order valence-electron chi connectivity index (χ0n) is 15.2. The average molecular weight is 336 g/mol. The number of carbonyl (C=O) groups excluding carboxylic acids is 2. The van der Waals surface area contributed by atoms with E-state index in [1.165, 1.54) is 0 Å². The molecule has 0 bridgehead atoms. The summed E-state index contributed by atoms with van der Waals surface area (Å²) in [6.07, 6.45) is 0.748. The number of fused-ring (bicyclic) bond motifs is 1. The predicted octanol–water partition coefficient (Wildman–Crippen LogP) is 4.32. The highest BCUT2D eigenvalue weighted by Crippen LogP contribution is 2.42. The Hall–Kier alpha value is -2.62. The predicted molar refractivity (Wildman–Crippen MR) is 101 cm³/mol. The van der Waals surface area contributed by atoms with Crippen LogP contribution in [0.1, 0.15) is 44.9 Å². The van der Waals surface area contributed by atoms with Crippen molar-refractivity contribution < 1.29 is 9.59 Å². The van der Waals surface area contributed by atoms with Crippen LogP contribution >= 0.6 is 0 Å². The smallest absolute Gasteiger partial charge is 0.229 e. The monoisotopic (exact) mass is 336 g/mol. The van der Waals surface area contributed by atoms with Gasteiger partial charge in [-0.2, -0.15) is 0 Å². The van der Waals surface area contributed by atoms with E-state index >= 15 is 0 Å². The lowest BCUT2D eigenvalue weighted by Crippen LogP contribution is -2.32. The van der Waals surface area contributed by atoms with E-state index in [2.05, 4.69) is 11.4 Å². The van der Waals surface area contributed by atoms with Crippen LogP contribution in [0, 0.1) is 5.41 Å². The lowest BCUT2D eigenvalue weighted by atomic mass is 9.94. The molecule has 0 aromatic heterocycles. The van der Waals surface area contributed by atoms with E-state index in [0.717, 1.165) is 28.9 Å². The molecule has 130 valence electrons. The maximum absolute atomic E-state index is 12.4. The van der Waals surface area contributed by atoms with Crippen molar-refractivity contribution in [1.29, 1.82) is 0 Å². The normalized spacial score (nSPS) is 16.5. The zero-order valence-corrected chi connectivity index (χ0v) is 15.2. The number of hydrogen-bond acceptors (Lipinski definition) is 2. The van der Waals surface area contributed by atoms with E-state index in [0.29, 0.717) is 0 Å². The Kier molecular flexibility index (Phi) is 4.38. The number of para-hydroxylation sites is 2. The van der Waals surface area contributed by atoms with Gasteiger partial charge in [0.05, 0.1) is 6.04 Å². The maximum Gasteiger partial charge on any atom is 0.229 e. The third kappa shape index (κ3) is 3.29. The largest absolute Gasteiger partial charge is 0.325 e. The standard InChI is InChI=1S/C21H24N2O2/c1-14(24)23-18-12-8-5-9-15(18)13-19(23)16-10-6-7-11-17(16)22-20(25)21(2,3)4/h5-12,19H,13H2,1-4H3,(H,22,25). The summed E-state index contributed by atoms with van der Waals surface area (Å²) >= 11 is 0. The fourth-order valence-corrected chi connectivity index (χ4v) is 3.24. The number of benzene rings is 2. The van der Waals surface area contributed by atoms with Gasteiger partial charge in [0.15, 0.2) is 0 Å². The van der Waals surface area contributed by atoms with Gasteiger partial charge in [-0.05, 0) is 29.7 Å². The van der Waals surface area contributed by atoms with E-state index in [1.54, 1.807) is 6.92 Å². The molecule has 0 saturated carbocycles. The number of anilines is 2.